The Morgan fingerprint density at radius 1 is 1.33 bits per heavy atom. The van der Waals surface area contributed by atoms with Gasteiger partial charge in [0.25, 0.3) is 0 Å². The van der Waals surface area contributed by atoms with Crippen LogP contribution in [0.2, 0.25) is 0 Å². The minimum absolute atomic E-state index is 0.540. The molecule has 0 amide bonds. The van der Waals surface area contributed by atoms with Crippen LogP contribution in [-0.4, -0.2) is 16.3 Å². The lowest BCUT2D eigenvalue weighted by molar-refractivity contribution is 0.0326. The second kappa shape index (κ2) is 2.83. The molecule has 0 radical (unpaired) electrons. The standard InChI is InChI=1S/C9H9BrO2/c10-7-3-1-2-5-6(7)4-8(11)9(5)12/h1-3,8-9,11-12H,4H2/t8-,9+/m0/s1. The van der Waals surface area contributed by atoms with Crippen molar-refractivity contribution in [3.05, 3.63) is 33.8 Å². The van der Waals surface area contributed by atoms with E-state index in [-0.39, 0.29) is 0 Å². The zero-order valence-electron chi connectivity index (χ0n) is 6.37. The summed E-state index contributed by atoms with van der Waals surface area (Å²) in [7, 11) is 0. The SMILES string of the molecule is O[C@@H]1c2cccc(Br)c2C[C@@H]1O. The predicted octanol–water partition coefficient (Wildman–Crippen LogP) is 1.40. The summed E-state index contributed by atoms with van der Waals surface area (Å²) in [4.78, 5) is 0. The van der Waals surface area contributed by atoms with Crippen molar-refractivity contribution in [2.75, 3.05) is 0 Å². The highest BCUT2D eigenvalue weighted by Gasteiger charge is 2.30. The van der Waals surface area contributed by atoms with Gasteiger partial charge in [-0.3, -0.25) is 0 Å². The number of rotatable bonds is 0. The summed E-state index contributed by atoms with van der Waals surface area (Å²) in [6, 6.07) is 5.63. The van der Waals surface area contributed by atoms with Crippen molar-refractivity contribution in [3.8, 4) is 0 Å². The molecule has 0 aromatic heterocycles. The molecule has 0 fully saturated rings. The third kappa shape index (κ3) is 1.09. The Morgan fingerprint density at radius 2 is 2.08 bits per heavy atom. The molecule has 0 spiro atoms. The van der Waals surface area contributed by atoms with E-state index in [1.54, 1.807) is 0 Å². The van der Waals surface area contributed by atoms with E-state index in [4.69, 9.17) is 0 Å². The number of hydrogen-bond acceptors (Lipinski definition) is 2. The lowest BCUT2D eigenvalue weighted by Gasteiger charge is -2.06. The minimum atomic E-state index is -0.711. The fourth-order valence-electron chi connectivity index (χ4n) is 1.60. The molecule has 0 saturated carbocycles. The van der Waals surface area contributed by atoms with Crippen molar-refractivity contribution in [2.45, 2.75) is 18.6 Å². The first-order valence-electron chi connectivity index (χ1n) is 3.83. The summed E-state index contributed by atoms with van der Waals surface area (Å²) in [5.41, 5.74) is 1.87. The van der Waals surface area contributed by atoms with Crippen molar-refractivity contribution in [3.63, 3.8) is 0 Å². The van der Waals surface area contributed by atoms with E-state index in [1.165, 1.54) is 0 Å². The zero-order valence-corrected chi connectivity index (χ0v) is 7.95. The van der Waals surface area contributed by atoms with Crippen LogP contribution >= 0.6 is 15.9 Å². The van der Waals surface area contributed by atoms with E-state index in [1.807, 2.05) is 18.2 Å². The molecule has 2 rings (SSSR count). The van der Waals surface area contributed by atoms with Crippen LogP contribution in [0.15, 0.2) is 22.7 Å². The Bertz CT molecular complexity index is 311. The predicted molar refractivity (Wildman–Crippen MR) is 48.8 cm³/mol. The maximum atomic E-state index is 9.50. The quantitative estimate of drug-likeness (QED) is 0.705. The molecule has 2 nitrogen and oxygen atoms in total. The van der Waals surface area contributed by atoms with Gasteiger partial charge in [0.1, 0.15) is 6.10 Å². The second-order valence-corrected chi connectivity index (χ2v) is 3.88. The normalized spacial score (nSPS) is 27.2. The monoisotopic (exact) mass is 228 g/mol. The van der Waals surface area contributed by atoms with Gasteiger partial charge in [-0.2, -0.15) is 0 Å². The molecular weight excluding hydrogens is 220 g/mol. The van der Waals surface area contributed by atoms with Gasteiger partial charge >= 0.3 is 0 Å². The Balaban J connectivity index is 2.53. The average molecular weight is 229 g/mol. The Kier molecular flexibility index (Phi) is 1.94. The first-order valence-corrected chi connectivity index (χ1v) is 4.63. The van der Waals surface area contributed by atoms with Gasteiger partial charge in [0.15, 0.2) is 0 Å². The molecule has 3 heteroatoms. The van der Waals surface area contributed by atoms with Crippen LogP contribution < -0.4 is 0 Å². The molecule has 1 aliphatic rings. The largest absolute Gasteiger partial charge is 0.390 e. The third-order valence-electron chi connectivity index (χ3n) is 2.25. The molecule has 1 aromatic rings. The van der Waals surface area contributed by atoms with E-state index in [2.05, 4.69) is 15.9 Å². The van der Waals surface area contributed by atoms with Gasteiger partial charge in [0.2, 0.25) is 0 Å². The van der Waals surface area contributed by atoms with Gasteiger partial charge in [0, 0.05) is 10.9 Å². The Labute approximate surface area is 79.0 Å². The summed E-state index contributed by atoms with van der Waals surface area (Å²) in [5.74, 6) is 0. The molecule has 12 heavy (non-hydrogen) atoms. The van der Waals surface area contributed by atoms with Crippen LogP contribution in [0.4, 0.5) is 0 Å². The van der Waals surface area contributed by atoms with E-state index < -0.39 is 12.2 Å². The van der Waals surface area contributed by atoms with Crippen LogP contribution in [0.5, 0.6) is 0 Å². The van der Waals surface area contributed by atoms with Gasteiger partial charge in [-0.05, 0) is 17.2 Å². The molecule has 1 aliphatic carbocycles. The molecule has 0 aliphatic heterocycles. The molecule has 2 N–H and O–H groups in total. The summed E-state index contributed by atoms with van der Waals surface area (Å²) in [6.07, 6.45) is -0.811. The molecule has 0 heterocycles. The van der Waals surface area contributed by atoms with Crippen molar-refractivity contribution in [2.24, 2.45) is 0 Å². The third-order valence-corrected chi connectivity index (χ3v) is 2.99. The van der Waals surface area contributed by atoms with Gasteiger partial charge in [-0.25, -0.2) is 0 Å². The molecule has 2 atom stereocenters. The number of halogens is 1. The van der Waals surface area contributed by atoms with Gasteiger partial charge < -0.3 is 10.2 Å². The van der Waals surface area contributed by atoms with Crippen LogP contribution in [0, 0.1) is 0 Å². The maximum absolute atomic E-state index is 9.50. The first kappa shape index (κ1) is 8.23. The van der Waals surface area contributed by atoms with Crippen molar-refractivity contribution in [1.82, 2.24) is 0 Å². The van der Waals surface area contributed by atoms with Gasteiger partial charge in [-0.1, -0.05) is 28.1 Å². The van der Waals surface area contributed by atoms with E-state index >= 15 is 0 Å². The number of hydrogen-bond donors (Lipinski definition) is 2. The van der Waals surface area contributed by atoms with Gasteiger partial charge in [0.05, 0.1) is 6.10 Å². The molecule has 1 aromatic carbocycles. The van der Waals surface area contributed by atoms with E-state index in [9.17, 15) is 10.2 Å². The summed E-state index contributed by atoms with van der Waals surface area (Å²) in [6.45, 7) is 0. The highest BCUT2D eigenvalue weighted by Crippen LogP contribution is 2.35. The Hall–Kier alpha value is -0.380. The lowest BCUT2D eigenvalue weighted by Crippen LogP contribution is -2.11. The molecular formula is C9H9BrO2. The van der Waals surface area contributed by atoms with Crippen molar-refractivity contribution < 1.29 is 10.2 Å². The number of aliphatic hydroxyl groups is 2. The molecule has 0 unspecified atom stereocenters. The van der Waals surface area contributed by atoms with Crippen molar-refractivity contribution in [1.29, 1.82) is 0 Å². The first-order chi connectivity index (χ1) is 5.70. The summed E-state index contributed by atoms with van der Waals surface area (Å²) in [5, 5.41) is 18.9. The fraction of sp³-hybridized carbons (Fsp3) is 0.333. The lowest BCUT2D eigenvalue weighted by atomic mass is 10.1. The summed E-state index contributed by atoms with van der Waals surface area (Å²) >= 11 is 3.38. The van der Waals surface area contributed by atoms with Crippen LogP contribution in [-0.2, 0) is 6.42 Å². The molecule has 0 saturated heterocycles. The highest BCUT2D eigenvalue weighted by molar-refractivity contribution is 9.10. The van der Waals surface area contributed by atoms with Crippen LogP contribution in [0.25, 0.3) is 0 Å². The number of aliphatic hydroxyl groups excluding tert-OH is 2. The van der Waals surface area contributed by atoms with Gasteiger partial charge in [-0.15, -0.1) is 0 Å². The topological polar surface area (TPSA) is 40.5 Å². The zero-order chi connectivity index (χ0) is 8.72. The maximum Gasteiger partial charge on any atom is 0.105 e. The smallest absolute Gasteiger partial charge is 0.105 e. The number of benzene rings is 1. The number of fused-ring (bicyclic) bond motifs is 1. The Morgan fingerprint density at radius 3 is 2.75 bits per heavy atom. The fourth-order valence-corrected chi connectivity index (χ4v) is 2.14. The van der Waals surface area contributed by atoms with E-state index in [0.717, 1.165) is 15.6 Å². The molecule has 0 bridgehead atoms. The second-order valence-electron chi connectivity index (χ2n) is 3.02. The highest BCUT2D eigenvalue weighted by atomic mass is 79.9. The van der Waals surface area contributed by atoms with E-state index in [0.29, 0.717) is 6.42 Å². The minimum Gasteiger partial charge on any atom is -0.390 e. The van der Waals surface area contributed by atoms with Crippen LogP contribution in [0.1, 0.15) is 17.2 Å². The molecule has 64 valence electrons. The van der Waals surface area contributed by atoms with Crippen LogP contribution in [0.3, 0.4) is 0 Å². The van der Waals surface area contributed by atoms with Crippen molar-refractivity contribution >= 4 is 15.9 Å². The summed E-state index contributed by atoms with van der Waals surface area (Å²) < 4.78 is 0.968. The average Bonchev–Trinajstić information content (AvgIpc) is 2.32.